The highest BCUT2D eigenvalue weighted by molar-refractivity contribution is 5.97. The molecule has 98 valence electrons. The van der Waals surface area contributed by atoms with Crippen molar-refractivity contribution in [1.82, 2.24) is 9.88 Å². The summed E-state index contributed by atoms with van der Waals surface area (Å²) in [6.45, 7) is 7.37. The number of hydrogen-bond acceptors (Lipinski definition) is 3. The highest BCUT2D eigenvalue weighted by atomic mass is 16.2. The van der Waals surface area contributed by atoms with Gasteiger partial charge in [0.15, 0.2) is 0 Å². The van der Waals surface area contributed by atoms with Gasteiger partial charge in [-0.1, -0.05) is 13.8 Å². The van der Waals surface area contributed by atoms with Crippen molar-refractivity contribution < 1.29 is 4.79 Å². The molecule has 0 aliphatic heterocycles. The molecule has 4 heteroatoms. The van der Waals surface area contributed by atoms with Gasteiger partial charge in [0, 0.05) is 19.3 Å². The number of amides is 1. The molecule has 18 heavy (non-hydrogen) atoms. The smallest absolute Gasteiger partial charge is 0.255 e. The fourth-order valence-corrected chi connectivity index (χ4v) is 1.78. The van der Waals surface area contributed by atoms with E-state index in [0.717, 1.165) is 25.9 Å². The number of carbonyl (C=O) groups is 1. The average Bonchev–Trinajstić information content (AvgIpc) is 2.38. The number of pyridine rings is 1. The standard InChI is InChI=1S/C14H21N3O/c1-4-8-17(9-5-2)14(18)12-6-7-13(11(3)15)16-10-12/h6-7,10,15H,4-5,8-9H2,1-3H3. The molecule has 0 aliphatic carbocycles. The molecule has 1 aromatic heterocycles. The van der Waals surface area contributed by atoms with Gasteiger partial charge in [0.1, 0.15) is 0 Å². The van der Waals surface area contributed by atoms with E-state index in [9.17, 15) is 4.79 Å². The van der Waals surface area contributed by atoms with Gasteiger partial charge in [-0.2, -0.15) is 0 Å². The van der Waals surface area contributed by atoms with Crippen LogP contribution in [-0.4, -0.2) is 34.6 Å². The van der Waals surface area contributed by atoms with Crippen LogP contribution in [-0.2, 0) is 0 Å². The molecule has 1 amide bonds. The lowest BCUT2D eigenvalue weighted by atomic mass is 10.2. The summed E-state index contributed by atoms with van der Waals surface area (Å²) in [5, 5.41) is 7.47. The highest BCUT2D eigenvalue weighted by Crippen LogP contribution is 2.07. The molecule has 1 aromatic rings. The van der Waals surface area contributed by atoms with E-state index in [2.05, 4.69) is 18.8 Å². The lowest BCUT2D eigenvalue weighted by Gasteiger charge is -2.21. The third-order valence-corrected chi connectivity index (χ3v) is 2.67. The first kappa shape index (κ1) is 14.4. The molecule has 1 N–H and O–H groups in total. The van der Waals surface area contributed by atoms with Crippen LogP contribution < -0.4 is 0 Å². The zero-order chi connectivity index (χ0) is 13.5. The van der Waals surface area contributed by atoms with Crippen molar-refractivity contribution in [3.63, 3.8) is 0 Å². The third kappa shape index (κ3) is 3.65. The molecular formula is C14H21N3O. The largest absolute Gasteiger partial charge is 0.339 e. The van der Waals surface area contributed by atoms with Crippen LogP contribution in [0.2, 0.25) is 0 Å². The first-order chi connectivity index (χ1) is 8.60. The zero-order valence-corrected chi connectivity index (χ0v) is 11.4. The number of carbonyl (C=O) groups excluding carboxylic acids is 1. The Morgan fingerprint density at radius 3 is 2.28 bits per heavy atom. The van der Waals surface area contributed by atoms with Gasteiger partial charge in [0.05, 0.1) is 17.0 Å². The van der Waals surface area contributed by atoms with Crippen molar-refractivity contribution in [2.24, 2.45) is 0 Å². The molecule has 0 atom stereocenters. The van der Waals surface area contributed by atoms with Crippen LogP contribution in [0.5, 0.6) is 0 Å². The molecule has 1 rings (SSSR count). The van der Waals surface area contributed by atoms with Crippen LogP contribution in [0.3, 0.4) is 0 Å². The highest BCUT2D eigenvalue weighted by Gasteiger charge is 2.14. The maximum absolute atomic E-state index is 12.2. The van der Waals surface area contributed by atoms with Crippen LogP contribution in [0.4, 0.5) is 0 Å². The second kappa shape index (κ2) is 6.89. The van der Waals surface area contributed by atoms with E-state index in [1.54, 1.807) is 25.3 Å². The fourth-order valence-electron chi connectivity index (χ4n) is 1.78. The molecule has 0 fully saturated rings. The lowest BCUT2D eigenvalue weighted by molar-refractivity contribution is 0.0755. The summed E-state index contributed by atoms with van der Waals surface area (Å²) in [5.41, 5.74) is 1.62. The van der Waals surface area contributed by atoms with Crippen molar-refractivity contribution in [3.05, 3.63) is 29.6 Å². The molecule has 0 spiro atoms. The Hall–Kier alpha value is -1.71. The molecule has 0 aliphatic rings. The first-order valence-electron chi connectivity index (χ1n) is 6.41. The number of rotatable bonds is 6. The monoisotopic (exact) mass is 247 g/mol. The van der Waals surface area contributed by atoms with Crippen LogP contribution in [0.15, 0.2) is 18.3 Å². The summed E-state index contributed by atoms with van der Waals surface area (Å²) in [6, 6.07) is 3.48. The SMILES string of the molecule is CCCN(CCC)C(=O)c1ccc(C(C)=N)nc1. The molecule has 0 bridgehead atoms. The van der Waals surface area contributed by atoms with Crippen LogP contribution in [0.1, 0.15) is 49.7 Å². The Morgan fingerprint density at radius 1 is 1.28 bits per heavy atom. The summed E-state index contributed by atoms with van der Waals surface area (Å²) in [6.07, 6.45) is 3.47. The third-order valence-electron chi connectivity index (χ3n) is 2.67. The number of nitrogens with one attached hydrogen (secondary N) is 1. The van der Waals surface area contributed by atoms with Crippen molar-refractivity contribution >= 4 is 11.6 Å². The molecular weight excluding hydrogens is 226 g/mol. The lowest BCUT2D eigenvalue weighted by Crippen LogP contribution is -2.32. The molecule has 0 radical (unpaired) electrons. The number of nitrogens with zero attached hydrogens (tertiary/aromatic N) is 2. The van der Waals surface area contributed by atoms with E-state index in [0.29, 0.717) is 17.0 Å². The van der Waals surface area contributed by atoms with Crippen molar-refractivity contribution in [2.45, 2.75) is 33.6 Å². The van der Waals surface area contributed by atoms with Crippen LogP contribution in [0, 0.1) is 5.41 Å². The van der Waals surface area contributed by atoms with Gasteiger partial charge < -0.3 is 10.3 Å². The predicted molar refractivity (Wildman–Crippen MR) is 73.2 cm³/mol. The Bertz CT molecular complexity index is 406. The van der Waals surface area contributed by atoms with E-state index in [1.165, 1.54) is 0 Å². The normalized spacial score (nSPS) is 10.2. The van der Waals surface area contributed by atoms with E-state index in [1.807, 2.05) is 4.90 Å². The molecule has 0 unspecified atom stereocenters. The molecule has 1 heterocycles. The van der Waals surface area contributed by atoms with Crippen LogP contribution >= 0.6 is 0 Å². The van der Waals surface area contributed by atoms with Crippen LogP contribution in [0.25, 0.3) is 0 Å². The quantitative estimate of drug-likeness (QED) is 0.786. The summed E-state index contributed by atoms with van der Waals surface area (Å²) < 4.78 is 0. The van der Waals surface area contributed by atoms with Crippen molar-refractivity contribution in [3.8, 4) is 0 Å². The minimum atomic E-state index is 0.0281. The predicted octanol–water partition coefficient (Wildman–Crippen LogP) is 2.73. The van der Waals surface area contributed by atoms with E-state index < -0.39 is 0 Å². The maximum Gasteiger partial charge on any atom is 0.255 e. The van der Waals surface area contributed by atoms with E-state index in [4.69, 9.17) is 5.41 Å². The summed E-state index contributed by atoms with van der Waals surface area (Å²) in [4.78, 5) is 18.2. The van der Waals surface area contributed by atoms with Gasteiger partial charge in [0.25, 0.3) is 5.91 Å². The van der Waals surface area contributed by atoms with E-state index in [-0.39, 0.29) is 5.91 Å². The van der Waals surface area contributed by atoms with Gasteiger partial charge in [-0.25, -0.2) is 0 Å². The Labute approximate surface area is 109 Å². The summed E-state index contributed by atoms with van der Waals surface area (Å²) >= 11 is 0. The Balaban J connectivity index is 2.84. The summed E-state index contributed by atoms with van der Waals surface area (Å²) in [7, 11) is 0. The molecule has 0 aromatic carbocycles. The van der Waals surface area contributed by atoms with Gasteiger partial charge in [-0.05, 0) is 31.9 Å². The zero-order valence-electron chi connectivity index (χ0n) is 11.4. The fraction of sp³-hybridized carbons (Fsp3) is 0.500. The maximum atomic E-state index is 12.2. The second-order valence-corrected chi connectivity index (χ2v) is 4.35. The minimum absolute atomic E-state index is 0.0281. The summed E-state index contributed by atoms with van der Waals surface area (Å²) in [5.74, 6) is 0.0281. The van der Waals surface area contributed by atoms with Gasteiger partial charge in [-0.15, -0.1) is 0 Å². The van der Waals surface area contributed by atoms with E-state index >= 15 is 0 Å². The number of hydrogen-bond donors (Lipinski definition) is 1. The average molecular weight is 247 g/mol. The molecule has 0 saturated heterocycles. The minimum Gasteiger partial charge on any atom is -0.339 e. The molecule has 4 nitrogen and oxygen atoms in total. The second-order valence-electron chi connectivity index (χ2n) is 4.35. The van der Waals surface area contributed by atoms with Crippen molar-refractivity contribution in [2.75, 3.05) is 13.1 Å². The van der Waals surface area contributed by atoms with Gasteiger partial charge in [0.2, 0.25) is 0 Å². The Kier molecular flexibility index (Phi) is 5.49. The molecule has 0 saturated carbocycles. The topological polar surface area (TPSA) is 57.1 Å². The van der Waals surface area contributed by atoms with Crippen molar-refractivity contribution in [1.29, 1.82) is 5.41 Å². The first-order valence-corrected chi connectivity index (χ1v) is 6.41. The van der Waals surface area contributed by atoms with Gasteiger partial charge in [-0.3, -0.25) is 9.78 Å². The number of aromatic nitrogens is 1. The Morgan fingerprint density at radius 2 is 1.89 bits per heavy atom. The van der Waals surface area contributed by atoms with Gasteiger partial charge >= 0.3 is 0 Å².